The molecule has 2 N–H and O–H groups in total. The number of ether oxygens (including phenoxy) is 3. The topological polar surface area (TPSA) is 103 Å². The van der Waals surface area contributed by atoms with Crippen LogP contribution in [-0.4, -0.2) is 31.3 Å². The molecule has 0 fully saturated rings. The first-order chi connectivity index (χ1) is 16.8. The maximum absolute atomic E-state index is 12.3. The average Bonchev–Trinajstić information content (AvgIpc) is 2.86. The van der Waals surface area contributed by atoms with Crippen molar-refractivity contribution in [1.29, 1.82) is 0 Å². The second kappa shape index (κ2) is 11.9. The standard InChI is InChI=1S/C26H25ClN2O6/c1-16-12-21(9-10-22(16)27)34-14-18-4-6-19(7-5-18)26(32)29-28-25(31)15-35-23-11-8-20(17(2)30)13-24(23)33-3/h4-13H,14-15H2,1-3H3,(H,28,31)(H,29,32). The van der Waals surface area contributed by atoms with Crippen LogP contribution in [0.15, 0.2) is 60.7 Å². The number of hydrazine groups is 1. The number of carbonyl (C=O) groups is 3. The third-order valence-corrected chi connectivity index (χ3v) is 5.42. The molecule has 0 unspecified atom stereocenters. The second-order valence-corrected chi connectivity index (χ2v) is 8.02. The van der Waals surface area contributed by atoms with Gasteiger partial charge in [0.1, 0.15) is 12.4 Å². The number of methoxy groups -OCH3 is 1. The van der Waals surface area contributed by atoms with E-state index in [-0.39, 0.29) is 12.4 Å². The van der Waals surface area contributed by atoms with Gasteiger partial charge in [0.05, 0.1) is 7.11 Å². The molecule has 0 aliphatic carbocycles. The summed E-state index contributed by atoms with van der Waals surface area (Å²) < 4.78 is 16.4. The van der Waals surface area contributed by atoms with Crippen molar-refractivity contribution in [2.45, 2.75) is 20.5 Å². The fourth-order valence-electron chi connectivity index (χ4n) is 3.01. The van der Waals surface area contributed by atoms with E-state index in [1.54, 1.807) is 48.5 Å². The zero-order chi connectivity index (χ0) is 25.4. The van der Waals surface area contributed by atoms with E-state index in [0.29, 0.717) is 40.0 Å². The second-order valence-electron chi connectivity index (χ2n) is 7.61. The first-order valence-corrected chi connectivity index (χ1v) is 11.0. The number of rotatable bonds is 9. The highest BCUT2D eigenvalue weighted by atomic mass is 35.5. The van der Waals surface area contributed by atoms with Gasteiger partial charge >= 0.3 is 0 Å². The van der Waals surface area contributed by atoms with Gasteiger partial charge in [-0.1, -0.05) is 23.7 Å². The maximum atomic E-state index is 12.3. The van der Waals surface area contributed by atoms with Crippen LogP contribution in [0.5, 0.6) is 17.2 Å². The summed E-state index contributed by atoms with van der Waals surface area (Å²) in [5, 5.41) is 0.675. The van der Waals surface area contributed by atoms with Crippen molar-refractivity contribution in [3.05, 3.63) is 87.9 Å². The minimum absolute atomic E-state index is 0.118. The Bertz CT molecular complexity index is 1230. The van der Waals surface area contributed by atoms with Crippen molar-refractivity contribution in [2.75, 3.05) is 13.7 Å². The van der Waals surface area contributed by atoms with Crippen molar-refractivity contribution in [2.24, 2.45) is 0 Å². The summed E-state index contributed by atoms with van der Waals surface area (Å²) in [4.78, 5) is 35.9. The molecule has 182 valence electrons. The molecule has 0 saturated heterocycles. The van der Waals surface area contributed by atoms with Crippen LogP contribution < -0.4 is 25.1 Å². The lowest BCUT2D eigenvalue weighted by Gasteiger charge is -2.12. The first-order valence-electron chi connectivity index (χ1n) is 10.7. The van der Waals surface area contributed by atoms with E-state index in [2.05, 4.69) is 10.9 Å². The van der Waals surface area contributed by atoms with E-state index in [0.717, 1.165) is 11.1 Å². The van der Waals surface area contributed by atoms with Gasteiger partial charge in [0.25, 0.3) is 11.8 Å². The summed E-state index contributed by atoms with van der Waals surface area (Å²) in [5.74, 6) is 0.149. The van der Waals surface area contributed by atoms with Crippen LogP contribution in [0.25, 0.3) is 0 Å². The first kappa shape index (κ1) is 25.6. The lowest BCUT2D eigenvalue weighted by Crippen LogP contribution is -2.43. The van der Waals surface area contributed by atoms with Crippen LogP contribution in [0.3, 0.4) is 0 Å². The largest absolute Gasteiger partial charge is 0.493 e. The molecule has 2 amide bonds. The highest BCUT2D eigenvalue weighted by Gasteiger charge is 2.12. The zero-order valence-corrected chi connectivity index (χ0v) is 20.3. The van der Waals surface area contributed by atoms with Gasteiger partial charge in [-0.25, -0.2) is 0 Å². The summed E-state index contributed by atoms with van der Waals surface area (Å²) >= 11 is 6.02. The lowest BCUT2D eigenvalue weighted by atomic mass is 10.1. The van der Waals surface area contributed by atoms with Gasteiger partial charge in [-0.3, -0.25) is 25.2 Å². The van der Waals surface area contributed by atoms with Gasteiger partial charge in [0.2, 0.25) is 0 Å². The number of amides is 2. The fraction of sp³-hybridized carbons (Fsp3) is 0.192. The number of hydrogen-bond donors (Lipinski definition) is 2. The van der Waals surface area contributed by atoms with E-state index < -0.39 is 11.8 Å². The van der Waals surface area contributed by atoms with Crippen molar-refractivity contribution >= 4 is 29.2 Å². The molecule has 0 spiro atoms. The lowest BCUT2D eigenvalue weighted by molar-refractivity contribution is -0.123. The molecule has 3 aromatic carbocycles. The van der Waals surface area contributed by atoms with Gasteiger partial charge in [-0.15, -0.1) is 0 Å². The van der Waals surface area contributed by atoms with Crippen LogP contribution in [0.1, 0.15) is 38.8 Å². The summed E-state index contributed by atoms with van der Waals surface area (Å²) in [6.07, 6.45) is 0. The number of ketones is 1. The highest BCUT2D eigenvalue weighted by molar-refractivity contribution is 6.31. The van der Waals surface area contributed by atoms with Crippen LogP contribution in [-0.2, 0) is 11.4 Å². The fourth-order valence-corrected chi connectivity index (χ4v) is 3.13. The predicted octanol–water partition coefficient (Wildman–Crippen LogP) is 4.28. The average molecular weight is 497 g/mol. The van der Waals surface area contributed by atoms with E-state index >= 15 is 0 Å². The molecule has 3 rings (SSSR count). The molecule has 0 saturated carbocycles. The Morgan fingerprint density at radius 3 is 2.23 bits per heavy atom. The van der Waals surface area contributed by atoms with Gasteiger partial charge in [0, 0.05) is 16.1 Å². The van der Waals surface area contributed by atoms with Crippen molar-refractivity contribution in [1.82, 2.24) is 10.9 Å². The SMILES string of the molecule is COc1cc(C(C)=O)ccc1OCC(=O)NNC(=O)c1ccc(COc2ccc(Cl)c(C)c2)cc1. The van der Waals surface area contributed by atoms with Crippen molar-refractivity contribution in [3.63, 3.8) is 0 Å². The summed E-state index contributed by atoms with van der Waals surface area (Å²) in [6.45, 7) is 3.30. The van der Waals surface area contributed by atoms with Gasteiger partial charge in [-0.2, -0.15) is 0 Å². The molecule has 0 aromatic heterocycles. The van der Waals surface area contributed by atoms with Gasteiger partial charge < -0.3 is 14.2 Å². The number of carbonyl (C=O) groups excluding carboxylic acids is 3. The normalized spacial score (nSPS) is 10.3. The molecule has 0 radical (unpaired) electrons. The number of halogens is 1. The summed E-state index contributed by atoms with van der Waals surface area (Å²) in [7, 11) is 1.43. The smallest absolute Gasteiger partial charge is 0.276 e. The van der Waals surface area contributed by atoms with Crippen LogP contribution >= 0.6 is 11.6 Å². The molecule has 0 aliphatic rings. The Kier molecular flexibility index (Phi) is 8.69. The van der Waals surface area contributed by atoms with E-state index in [4.69, 9.17) is 25.8 Å². The Labute approximate surface area is 208 Å². The van der Waals surface area contributed by atoms with E-state index in [1.807, 2.05) is 13.0 Å². The van der Waals surface area contributed by atoms with Crippen molar-refractivity contribution < 1.29 is 28.6 Å². The zero-order valence-electron chi connectivity index (χ0n) is 19.5. The molecule has 0 atom stereocenters. The third kappa shape index (κ3) is 7.22. The minimum Gasteiger partial charge on any atom is -0.493 e. The van der Waals surface area contributed by atoms with E-state index in [1.165, 1.54) is 20.1 Å². The number of nitrogens with one attached hydrogen (secondary N) is 2. The molecule has 0 heterocycles. The molecule has 8 nitrogen and oxygen atoms in total. The highest BCUT2D eigenvalue weighted by Crippen LogP contribution is 2.28. The van der Waals surface area contributed by atoms with Gasteiger partial charge in [0.15, 0.2) is 23.9 Å². The maximum Gasteiger partial charge on any atom is 0.276 e. The summed E-state index contributed by atoms with van der Waals surface area (Å²) in [5.41, 5.74) is 7.25. The molecular formula is C26H25ClN2O6. The van der Waals surface area contributed by atoms with Crippen LogP contribution in [0, 0.1) is 6.92 Å². The Balaban J connectivity index is 1.46. The summed E-state index contributed by atoms with van der Waals surface area (Å²) in [6, 6.07) is 16.9. The Hall–Kier alpha value is -4.04. The van der Waals surface area contributed by atoms with Crippen LogP contribution in [0.2, 0.25) is 5.02 Å². The Morgan fingerprint density at radius 2 is 1.57 bits per heavy atom. The van der Waals surface area contributed by atoms with Crippen molar-refractivity contribution in [3.8, 4) is 17.2 Å². The Morgan fingerprint density at radius 1 is 0.857 bits per heavy atom. The molecular weight excluding hydrogens is 472 g/mol. The molecule has 9 heteroatoms. The predicted molar refractivity (Wildman–Crippen MR) is 131 cm³/mol. The number of aryl methyl sites for hydroxylation is 1. The number of Topliss-reactive ketones (excluding diaryl/α,β-unsaturated/α-hetero) is 1. The van der Waals surface area contributed by atoms with E-state index in [9.17, 15) is 14.4 Å². The van der Waals surface area contributed by atoms with Gasteiger partial charge in [-0.05, 0) is 73.5 Å². The molecule has 35 heavy (non-hydrogen) atoms. The quantitative estimate of drug-likeness (QED) is 0.338. The monoisotopic (exact) mass is 496 g/mol. The molecule has 3 aromatic rings. The molecule has 0 aliphatic heterocycles. The van der Waals surface area contributed by atoms with Crippen LogP contribution in [0.4, 0.5) is 0 Å². The minimum atomic E-state index is -0.570. The third-order valence-electron chi connectivity index (χ3n) is 5.00. The number of benzene rings is 3. The number of hydrogen-bond acceptors (Lipinski definition) is 6. The molecule has 0 bridgehead atoms.